The molecule has 0 saturated carbocycles. The van der Waals surface area contributed by atoms with Gasteiger partial charge in [0.15, 0.2) is 0 Å². The Balaban J connectivity index is 4.10. The van der Waals surface area contributed by atoms with Crippen LogP contribution in [-0.4, -0.2) is 34.3 Å². The molecule has 0 aromatic rings. The highest BCUT2D eigenvalue weighted by atomic mass is 31.2. The fourth-order valence-corrected chi connectivity index (χ4v) is 1.13. The lowest BCUT2D eigenvalue weighted by molar-refractivity contribution is -0.138. The second-order valence-corrected chi connectivity index (χ2v) is 4.59. The molecule has 0 aromatic carbocycles. The Bertz CT molecular complexity index is 293. The van der Waals surface area contributed by atoms with E-state index in [1.807, 2.05) is 0 Å². The first-order chi connectivity index (χ1) is 6.78. The molecule has 0 aromatic heterocycles. The van der Waals surface area contributed by atoms with E-state index in [0.29, 0.717) is 0 Å². The number of nitrogens with two attached hydrogens (primary N) is 2. The van der Waals surface area contributed by atoms with Gasteiger partial charge >= 0.3 is 19.5 Å². The summed E-state index contributed by atoms with van der Waals surface area (Å²) in [5.74, 6) is -2.25. The van der Waals surface area contributed by atoms with Crippen molar-refractivity contribution >= 4 is 19.5 Å². The molecular formula is C6H13N2O6P. The molecule has 0 aliphatic heterocycles. The first kappa shape index (κ1) is 14.1. The van der Waals surface area contributed by atoms with Crippen LogP contribution in [0.1, 0.15) is 12.8 Å². The van der Waals surface area contributed by atoms with Crippen LogP contribution in [0.25, 0.3) is 0 Å². The van der Waals surface area contributed by atoms with E-state index in [4.69, 9.17) is 21.5 Å². The maximum atomic E-state index is 11.0. The number of carbonyl (C=O) groups is 2. The van der Waals surface area contributed by atoms with Crippen molar-refractivity contribution in [2.45, 2.75) is 18.9 Å². The third-order valence-electron chi connectivity index (χ3n) is 1.44. The van der Waals surface area contributed by atoms with Crippen LogP contribution in [0.2, 0.25) is 0 Å². The predicted octanol–water partition coefficient (Wildman–Crippen LogP) is -1.18. The molecule has 0 heterocycles. The summed E-state index contributed by atoms with van der Waals surface area (Å²) < 4.78 is 15.0. The molecule has 9 heteroatoms. The van der Waals surface area contributed by atoms with E-state index < -0.39 is 31.9 Å². The van der Waals surface area contributed by atoms with Crippen molar-refractivity contribution in [3.05, 3.63) is 0 Å². The molecule has 0 rings (SSSR count). The third kappa shape index (κ3) is 6.19. The number of carboxylic acid groups (broad SMARTS) is 1. The van der Waals surface area contributed by atoms with Crippen molar-refractivity contribution < 1.29 is 28.7 Å². The molecule has 0 aliphatic rings. The molecular weight excluding hydrogens is 227 g/mol. The predicted molar refractivity (Wildman–Crippen MR) is 49.8 cm³/mol. The molecule has 0 spiro atoms. The first-order valence-electron chi connectivity index (χ1n) is 4.01. The van der Waals surface area contributed by atoms with E-state index >= 15 is 0 Å². The van der Waals surface area contributed by atoms with E-state index in [9.17, 15) is 14.2 Å². The normalized spacial score (nSPS) is 16.5. The van der Waals surface area contributed by atoms with Gasteiger partial charge in [-0.3, -0.25) is 9.59 Å². The van der Waals surface area contributed by atoms with Gasteiger partial charge in [-0.2, -0.15) is 0 Å². The molecule has 88 valence electrons. The molecule has 1 unspecified atom stereocenters. The summed E-state index contributed by atoms with van der Waals surface area (Å²) in [5, 5.41) is 8.29. The largest absolute Gasteiger partial charge is 0.481 e. The highest BCUT2D eigenvalue weighted by Crippen LogP contribution is 2.39. The maximum absolute atomic E-state index is 11.0. The molecule has 0 aliphatic carbocycles. The Labute approximate surface area is 85.7 Å². The number of hydrogen-bond acceptors (Lipinski definition) is 6. The van der Waals surface area contributed by atoms with Crippen molar-refractivity contribution in [1.82, 2.24) is 0 Å². The summed E-state index contributed by atoms with van der Waals surface area (Å²) in [6.07, 6.45) is -1.20. The van der Waals surface area contributed by atoms with Crippen molar-refractivity contribution in [3.8, 4) is 0 Å². The second kappa shape index (κ2) is 5.82. The third-order valence-corrected chi connectivity index (χ3v) is 2.36. The lowest BCUT2D eigenvalue weighted by Crippen LogP contribution is -2.32. The molecule has 15 heavy (non-hydrogen) atoms. The summed E-state index contributed by atoms with van der Waals surface area (Å²) in [6, 6.07) is -1.24. The Hall–Kier alpha value is -0.950. The summed E-state index contributed by atoms with van der Waals surface area (Å²) in [5.41, 5.74) is 10.1. The summed E-state index contributed by atoms with van der Waals surface area (Å²) in [4.78, 5) is 30.0. The zero-order valence-electron chi connectivity index (χ0n) is 7.83. The van der Waals surface area contributed by atoms with E-state index in [-0.39, 0.29) is 12.8 Å². The van der Waals surface area contributed by atoms with E-state index in [1.54, 1.807) is 0 Å². The van der Waals surface area contributed by atoms with Crippen LogP contribution in [0.3, 0.4) is 0 Å². The van der Waals surface area contributed by atoms with Gasteiger partial charge < -0.3 is 26.0 Å². The summed E-state index contributed by atoms with van der Waals surface area (Å²) in [6.45, 7) is 0. The molecule has 0 radical (unpaired) electrons. The van der Waals surface area contributed by atoms with Gasteiger partial charge in [0.1, 0.15) is 12.3 Å². The van der Waals surface area contributed by atoms with E-state index in [1.165, 1.54) is 0 Å². The molecule has 0 bridgehead atoms. The van der Waals surface area contributed by atoms with Crippen LogP contribution >= 0.6 is 7.60 Å². The van der Waals surface area contributed by atoms with Gasteiger partial charge in [-0.25, -0.2) is 4.57 Å². The fraction of sp³-hybridized carbons (Fsp3) is 0.667. The van der Waals surface area contributed by atoms with Gasteiger partial charge in [0.2, 0.25) is 0 Å². The van der Waals surface area contributed by atoms with Crippen LogP contribution in [-0.2, 0) is 18.7 Å². The molecule has 0 fully saturated rings. The zero-order chi connectivity index (χ0) is 12.1. The SMILES string of the molecule is NCP(=O)(O)OC(=O)[C@H](N)CCC(=O)O. The standard InChI is InChI=1S/C6H13N2O6P/c7-3-15(12,13)14-6(11)4(8)1-2-5(9)10/h4H,1-3,7-8H2,(H,9,10)(H,12,13)/t4-/m1/s1. The number of aliphatic carboxylic acids is 1. The molecule has 0 amide bonds. The molecule has 2 atom stereocenters. The Morgan fingerprint density at radius 3 is 2.40 bits per heavy atom. The fourth-order valence-electron chi connectivity index (χ4n) is 0.642. The van der Waals surface area contributed by atoms with Crippen molar-refractivity contribution in [1.29, 1.82) is 0 Å². The van der Waals surface area contributed by atoms with Gasteiger partial charge in [-0.1, -0.05) is 0 Å². The lowest BCUT2D eigenvalue weighted by Gasteiger charge is -2.13. The zero-order valence-corrected chi connectivity index (χ0v) is 8.72. The quantitative estimate of drug-likeness (QED) is 0.423. The van der Waals surface area contributed by atoms with Gasteiger partial charge in [0.25, 0.3) is 0 Å². The van der Waals surface area contributed by atoms with Crippen molar-refractivity contribution in [2.24, 2.45) is 11.5 Å². The van der Waals surface area contributed by atoms with Gasteiger partial charge in [0, 0.05) is 6.42 Å². The summed E-state index contributed by atoms with van der Waals surface area (Å²) in [7, 11) is -4.13. The van der Waals surface area contributed by atoms with Gasteiger partial charge in [0.05, 0.1) is 0 Å². The summed E-state index contributed by atoms with van der Waals surface area (Å²) >= 11 is 0. The van der Waals surface area contributed by atoms with Crippen LogP contribution in [0.5, 0.6) is 0 Å². The average Bonchev–Trinajstić information content (AvgIpc) is 2.13. The number of carboxylic acids is 1. The smallest absolute Gasteiger partial charge is 0.392 e. The average molecular weight is 240 g/mol. The van der Waals surface area contributed by atoms with Crippen LogP contribution < -0.4 is 11.5 Å². The minimum atomic E-state index is -4.13. The number of carbonyl (C=O) groups excluding carboxylic acids is 1. The highest BCUT2D eigenvalue weighted by molar-refractivity contribution is 7.53. The van der Waals surface area contributed by atoms with E-state index in [0.717, 1.165) is 0 Å². The monoisotopic (exact) mass is 240 g/mol. The lowest BCUT2D eigenvalue weighted by atomic mass is 10.2. The van der Waals surface area contributed by atoms with Crippen LogP contribution in [0.15, 0.2) is 0 Å². The van der Waals surface area contributed by atoms with E-state index in [2.05, 4.69) is 4.52 Å². The minimum Gasteiger partial charge on any atom is -0.481 e. The number of hydrogen-bond donors (Lipinski definition) is 4. The Morgan fingerprint density at radius 2 is 2.00 bits per heavy atom. The van der Waals surface area contributed by atoms with Crippen molar-refractivity contribution in [3.63, 3.8) is 0 Å². The molecule has 8 nitrogen and oxygen atoms in total. The minimum absolute atomic E-state index is 0.168. The molecule has 0 saturated heterocycles. The van der Waals surface area contributed by atoms with Crippen LogP contribution in [0, 0.1) is 0 Å². The Morgan fingerprint density at radius 1 is 1.47 bits per heavy atom. The topological polar surface area (TPSA) is 153 Å². The van der Waals surface area contributed by atoms with Gasteiger partial charge in [-0.15, -0.1) is 0 Å². The van der Waals surface area contributed by atoms with Crippen LogP contribution in [0.4, 0.5) is 0 Å². The maximum Gasteiger partial charge on any atom is 0.392 e. The first-order valence-corrected chi connectivity index (χ1v) is 5.77. The molecule has 6 N–H and O–H groups in total. The number of rotatable bonds is 6. The second-order valence-electron chi connectivity index (χ2n) is 2.77. The van der Waals surface area contributed by atoms with Crippen molar-refractivity contribution in [2.75, 3.05) is 6.29 Å². The van der Waals surface area contributed by atoms with Gasteiger partial charge in [-0.05, 0) is 6.42 Å². The Kier molecular flexibility index (Phi) is 5.45. The highest BCUT2D eigenvalue weighted by Gasteiger charge is 2.26.